The Morgan fingerprint density at radius 1 is 1.09 bits per heavy atom. The number of carbonyl (C=O) groups excluding carboxylic acids is 1. The number of nitro groups is 1. The van der Waals surface area contributed by atoms with Crippen molar-refractivity contribution in [1.29, 1.82) is 0 Å². The van der Waals surface area contributed by atoms with E-state index in [9.17, 15) is 19.5 Å². The number of hydrogen-bond acceptors (Lipinski definition) is 6. The van der Waals surface area contributed by atoms with E-state index in [-0.39, 0.29) is 11.4 Å². The molecule has 0 aliphatic rings. The summed E-state index contributed by atoms with van der Waals surface area (Å²) >= 11 is 0. The number of furan rings is 1. The van der Waals surface area contributed by atoms with Crippen molar-refractivity contribution in [2.24, 2.45) is 0 Å². The molecule has 1 amide bonds. The monoisotopic (exact) mass is 485 g/mol. The van der Waals surface area contributed by atoms with E-state index >= 15 is 0 Å². The number of hydrogen-bond donors (Lipinski definition) is 2. The molecular weight excluding hydrogens is 457 g/mol. The number of benzene rings is 2. The SMILES string of the molecule is CCN(CC)P(=O)(Nc1ccc([N+](=O)[O-])cc1)c1ccc(N(C)C)cc1NC(=O)c1ccco1. The fourth-order valence-corrected chi connectivity index (χ4v) is 6.08. The van der Waals surface area contributed by atoms with E-state index in [2.05, 4.69) is 10.4 Å². The topological polar surface area (TPSA) is 121 Å². The summed E-state index contributed by atoms with van der Waals surface area (Å²) in [7, 11) is 0.221. The molecule has 1 atom stereocenters. The molecule has 0 saturated heterocycles. The Morgan fingerprint density at radius 3 is 2.29 bits per heavy atom. The van der Waals surface area contributed by atoms with Crippen molar-refractivity contribution in [3.05, 3.63) is 76.7 Å². The molecule has 0 aliphatic carbocycles. The standard InChI is InChI=1S/C23H28N5O5P/c1-5-27(6-2)34(32,25-17-9-11-18(12-10-17)28(30)31)22-14-13-19(26(3)4)16-20(22)24-23(29)21-8-7-15-33-21/h7-16H,5-6H2,1-4H3,(H,24,29)(H,25,32). The lowest BCUT2D eigenvalue weighted by atomic mass is 10.2. The third kappa shape index (κ3) is 5.30. The highest BCUT2D eigenvalue weighted by atomic mass is 31.2. The van der Waals surface area contributed by atoms with Gasteiger partial charge in [0.15, 0.2) is 5.76 Å². The lowest BCUT2D eigenvalue weighted by Crippen LogP contribution is -2.32. The largest absolute Gasteiger partial charge is 0.459 e. The Morgan fingerprint density at radius 2 is 1.76 bits per heavy atom. The number of nitro benzene ring substituents is 1. The van der Waals surface area contributed by atoms with E-state index in [1.54, 1.807) is 28.9 Å². The highest BCUT2D eigenvalue weighted by molar-refractivity contribution is 7.71. The number of anilines is 3. The molecule has 0 aliphatic heterocycles. The molecule has 2 aromatic carbocycles. The van der Waals surface area contributed by atoms with Gasteiger partial charge in [0.25, 0.3) is 19.0 Å². The van der Waals surface area contributed by atoms with Crippen LogP contribution >= 0.6 is 7.44 Å². The molecule has 34 heavy (non-hydrogen) atoms. The number of nitrogens with one attached hydrogen (secondary N) is 2. The lowest BCUT2D eigenvalue weighted by Gasteiger charge is -2.33. The lowest BCUT2D eigenvalue weighted by molar-refractivity contribution is -0.384. The molecule has 1 heterocycles. The second-order valence-corrected chi connectivity index (χ2v) is 10.1. The minimum absolute atomic E-state index is 0.0649. The van der Waals surface area contributed by atoms with E-state index in [1.165, 1.54) is 30.5 Å². The molecule has 10 nitrogen and oxygen atoms in total. The van der Waals surface area contributed by atoms with E-state index in [0.717, 1.165) is 5.69 Å². The number of carbonyl (C=O) groups is 1. The maximum atomic E-state index is 14.6. The van der Waals surface area contributed by atoms with Crippen LogP contribution in [0, 0.1) is 10.1 Å². The van der Waals surface area contributed by atoms with Crippen LogP contribution in [0.2, 0.25) is 0 Å². The minimum atomic E-state index is -3.51. The van der Waals surface area contributed by atoms with E-state index in [1.807, 2.05) is 38.9 Å². The van der Waals surface area contributed by atoms with Gasteiger partial charge < -0.3 is 19.7 Å². The van der Waals surface area contributed by atoms with Crippen LogP contribution in [0.4, 0.5) is 22.7 Å². The number of nitrogens with zero attached hydrogens (tertiary/aromatic N) is 3. The van der Waals surface area contributed by atoms with Gasteiger partial charge in [-0.15, -0.1) is 0 Å². The van der Waals surface area contributed by atoms with Crippen molar-refractivity contribution in [2.45, 2.75) is 13.8 Å². The maximum Gasteiger partial charge on any atom is 0.291 e. The molecule has 0 saturated carbocycles. The van der Waals surface area contributed by atoms with Gasteiger partial charge in [0.05, 0.1) is 22.2 Å². The van der Waals surface area contributed by atoms with Crippen molar-refractivity contribution in [3.8, 4) is 0 Å². The highest BCUT2D eigenvalue weighted by Crippen LogP contribution is 2.50. The summed E-state index contributed by atoms with van der Waals surface area (Å²) in [5.41, 5.74) is 1.57. The smallest absolute Gasteiger partial charge is 0.291 e. The van der Waals surface area contributed by atoms with Crippen LogP contribution in [0.1, 0.15) is 24.4 Å². The summed E-state index contributed by atoms with van der Waals surface area (Å²) in [5, 5.41) is 17.4. The van der Waals surface area contributed by atoms with Gasteiger partial charge in [0, 0.05) is 50.7 Å². The quantitative estimate of drug-likeness (QED) is 0.239. The summed E-state index contributed by atoms with van der Waals surface area (Å²) < 4.78 is 21.6. The van der Waals surface area contributed by atoms with Crippen molar-refractivity contribution in [3.63, 3.8) is 0 Å². The maximum absolute atomic E-state index is 14.6. The van der Waals surface area contributed by atoms with Crippen LogP contribution < -0.4 is 20.6 Å². The normalized spacial score (nSPS) is 12.7. The fraction of sp³-hybridized carbons (Fsp3) is 0.261. The summed E-state index contributed by atoms with van der Waals surface area (Å²) in [5.74, 6) is -0.342. The van der Waals surface area contributed by atoms with E-state index in [0.29, 0.717) is 29.8 Å². The average molecular weight is 485 g/mol. The summed E-state index contributed by atoms with van der Waals surface area (Å²) in [6, 6.07) is 14.2. The molecule has 3 aromatic rings. The Bertz CT molecular complexity index is 1190. The van der Waals surface area contributed by atoms with Crippen molar-refractivity contribution < 1.29 is 18.7 Å². The summed E-state index contributed by atoms with van der Waals surface area (Å²) in [4.78, 5) is 25.2. The van der Waals surface area contributed by atoms with Gasteiger partial charge in [-0.05, 0) is 42.5 Å². The van der Waals surface area contributed by atoms with Crippen molar-refractivity contribution >= 4 is 41.4 Å². The Hall–Kier alpha value is -3.62. The number of amides is 1. The predicted octanol–water partition coefficient (Wildman–Crippen LogP) is 4.78. The van der Waals surface area contributed by atoms with Crippen molar-refractivity contribution in [2.75, 3.05) is 42.5 Å². The number of rotatable bonds is 10. The van der Waals surface area contributed by atoms with Crippen molar-refractivity contribution in [1.82, 2.24) is 4.67 Å². The molecule has 3 rings (SSSR count). The molecule has 1 aromatic heterocycles. The van der Waals surface area contributed by atoms with Crippen LogP contribution in [0.5, 0.6) is 0 Å². The second kappa shape index (κ2) is 10.5. The van der Waals surface area contributed by atoms with Crippen LogP contribution in [-0.2, 0) is 4.57 Å². The Labute approximate surface area is 198 Å². The molecule has 0 fully saturated rings. The molecule has 11 heteroatoms. The zero-order chi connectivity index (χ0) is 24.9. The van der Waals surface area contributed by atoms with Gasteiger partial charge >= 0.3 is 0 Å². The van der Waals surface area contributed by atoms with Gasteiger partial charge in [0.1, 0.15) is 0 Å². The summed E-state index contributed by atoms with van der Waals surface area (Å²) in [6.07, 6.45) is 1.41. The molecule has 2 N–H and O–H groups in total. The third-order valence-electron chi connectivity index (χ3n) is 5.30. The fourth-order valence-electron chi connectivity index (χ4n) is 3.50. The van der Waals surface area contributed by atoms with E-state index < -0.39 is 18.3 Å². The van der Waals surface area contributed by atoms with Crippen LogP contribution in [0.15, 0.2) is 65.3 Å². The number of non-ortho nitro benzene ring substituents is 1. The zero-order valence-electron chi connectivity index (χ0n) is 19.5. The first-order valence-corrected chi connectivity index (χ1v) is 12.4. The zero-order valence-corrected chi connectivity index (χ0v) is 20.4. The summed E-state index contributed by atoms with van der Waals surface area (Å²) in [6.45, 7) is 4.72. The van der Waals surface area contributed by atoms with E-state index in [4.69, 9.17) is 4.42 Å². The molecule has 0 spiro atoms. The molecule has 0 bridgehead atoms. The van der Waals surface area contributed by atoms with Gasteiger partial charge in [-0.2, -0.15) is 0 Å². The third-order valence-corrected chi connectivity index (χ3v) is 8.27. The van der Waals surface area contributed by atoms with Crippen LogP contribution in [0.3, 0.4) is 0 Å². The van der Waals surface area contributed by atoms with Gasteiger partial charge in [0.2, 0.25) is 0 Å². The minimum Gasteiger partial charge on any atom is -0.459 e. The first-order valence-electron chi connectivity index (χ1n) is 10.7. The highest BCUT2D eigenvalue weighted by Gasteiger charge is 2.34. The predicted molar refractivity (Wildman–Crippen MR) is 134 cm³/mol. The first kappa shape index (κ1) is 25.0. The average Bonchev–Trinajstić information content (AvgIpc) is 3.35. The molecule has 0 radical (unpaired) electrons. The molecular formula is C23H28N5O5P. The van der Waals surface area contributed by atoms with Crippen LogP contribution in [-0.4, -0.2) is 42.7 Å². The first-order chi connectivity index (χ1) is 16.2. The second-order valence-electron chi connectivity index (χ2n) is 7.66. The Kier molecular flexibility index (Phi) is 7.75. The Balaban J connectivity index is 2.11. The molecule has 180 valence electrons. The van der Waals surface area contributed by atoms with Crippen LogP contribution in [0.25, 0.3) is 0 Å². The van der Waals surface area contributed by atoms with Gasteiger partial charge in [-0.25, -0.2) is 4.67 Å². The molecule has 1 unspecified atom stereocenters. The van der Waals surface area contributed by atoms with Gasteiger partial charge in [-0.1, -0.05) is 13.8 Å². The van der Waals surface area contributed by atoms with Gasteiger partial charge in [-0.3, -0.25) is 19.5 Å².